The van der Waals surface area contributed by atoms with Gasteiger partial charge in [0.1, 0.15) is 0 Å². The van der Waals surface area contributed by atoms with Crippen LogP contribution < -0.4 is 0 Å². The van der Waals surface area contributed by atoms with E-state index in [4.69, 9.17) is 14.2 Å². The molecule has 1 rings (SSSR count). The van der Waals surface area contributed by atoms with Gasteiger partial charge in [0.15, 0.2) is 0 Å². The Hall–Kier alpha value is -0.120. The SMILES string of the molecule is COCCOCCC1CO1. The van der Waals surface area contributed by atoms with Crippen molar-refractivity contribution in [1.29, 1.82) is 0 Å². The fraction of sp³-hybridized carbons (Fsp3) is 1.00. The van der Waals surface area contributed by atoms with E-state index in [1.165, 1.54) is 0 Å². The van der Waals surface area contributed by atoms with Gasteiger partial charge in [-0.15, -0.1) is 0 Å². The van der Waals surface area contributed by atoms with Gasteiger partial charge in [0.25, 0.3) is 0 Å². The van der Waals surface area contributed by atoms with Crippen LogP contribution in [0.15, 0.2) is 0 Å². The van der Waals surface area contributed by atoms with Crippen molar-refractivity contribution in [3.63, 3.8) is 0 Å². The van der Waals surface area contributed by atoms with E-state index < -0.39 is 0 Å². The Kier molecular flexibility index (Phi) is 3.72. The van der Waals surface area contributed by atoms with Crippen LogP contribution in [0.4, 0.5) is 0 Å². The molecule has 0 aromatic rings. The molecule has 0 radical (unpaired) electrons. The third-order valence-corrected chi connectivity index (χ3v) is 1.42. The number of ether oxygens (including phenoxy) is 3. The van der Waals surface area contributed by atoms with Gasteiger partial charge in [0.05, 0.1) is 25.9 Å². The maximum absolute atomic E-state index is 5.22. The van der Waals surface area contributed by atoms with Gasteiger partial charge >= 0.3 is 0 Å². The number of hydrogen-bond acceptors (Lipinski definition) is 3. The minimum Gasteiger partial charge on any atom is -0.382 e. The van der Waals surface area contributed by atoms with Crippen LogP contribution in [0.1, 0.15) is 6.42 Å². The molecule has 0 amide bonds. The number of hydrogen-bond donors (Lipinski definition) is 0. The minimum absolute atomic E-state index is 0.488. The molecule has 1 saturated heterocycles. The molecule has 1 unspecified atom stereocenters. The van der Waals surface area contributed by atoms with Gasteiger partial charge in [0, 0.05) is 13.7 Å². The Labute approximate surface area is 61.3 Å². The molecular formula is C7H14O3. The lowest BCUT2D eigenvalue weighted by molar-refractivity contribution is 0.0668. The zero-order chi connectivity index (χ0) is 7.23. The summed E-state index contributed by atoms with van der Waals surface area (Å²) in [5.41, 5.74) is 0. The molecule has 0 saturated carbocycles. The monoisotopic (exact) mass is 146 g/mol. The molecule has 0 spiro atoms. The highest BCUT2D eigenvalue weighted by atomic mass is 16.6. The van der Waals surface area contributed by atoms with Gasteiger partial charge in [-0.25, -0.2) is 0 Å². The van der Waals surface area contributed by atoms with Crippen LogP contribution in [-0.4, -0.2) is 39.6 Å². The predicted molar refractivity (Wildman–Crippen MR) is 37.1 cm³/mol. The summed E-state index contributed by atoms with van der Waals surface area (Å²) in [6, 6.07) is 0. The van der Waals surface area contributed by atoms with Crippen molar-refractivity contribution in [1.82, 2.24) is 0 Å². The zero-order valence-electron chi connectivity index (χ0n) is 6.34. The smallest absolute Gasteiger partial charge is 0.0831 e. The highest BCUT2D eigenvalue weighted by Crippen LogP contribution is 2.12. The van der Waals surface area contributed by atoms with E-state index in [-0.39, 0.29) is 0 Å². The molecule has 1 fully saturated rings. The van der Waals surface area contributed by atoms with Crippen molar-refractivity contribution in [2.24, 2.45) is 0 Å². The van der Waals surface area contributed by atoms with Crippen molar-refractivity contribution in [2.45, 2.75) is 12.5 Å². The van der Waals surface area contributed by atoms with Crippen LogP contribution in [0, 0.1) is 0 Å². The molecule has 0 N–H and O–H groups in total. The summed E-state index contributed by atoms with van der Waals surface area (Å²) in [6.07, 6.45) is 1.52. The average molecular weight is 146 g/mol. The lowest BCUT2D eigenvalue weighted by atomic mass is 10.3. The highest BCUT2D eigenvalue weighted by Gasteiger charge is 2.21. The lowest BCUT2D eigenvalue weighted by Crippen LogP contribution is -2.04. The second-order valence-electron chi connectivity index (χ2n) is 2.35. The van der Waals surface area contributed by atoms with Crippen molar-refractivity contribution >= 4 is 0 Å². The van der Waals surface area contributed by atoms with Crippen LogP contribution in [0.3, 0.4) is 0 Å². The van der Waals surface area contributed by atoms with E-state index in [0.29, 0.717) is 19.3 Å². The third kappa shape index (κ3) is 3.82. The molecule has 3 heteroatoms. The van der Waals surface area contributed by atoms with Gasteiger partial charge in [-0.2, -0.15) is 0 Å². The fourth-order valence-electron chi connectivity index (χ4n) is 0.694. The Balaban J connectivity index is 1.68. The van der Waals surface area contributed by atoms with Gasteiger partial charge in [-0.3, -0.25) is 0 Å². The van der Waals surface area contributed by atoms with Crippen LogP contribution in [0.5, 0.6) is 0 Å². The van der Waals surface area contributed by atoms with Crippen LogP contribution in [-0.2, 0) is 14.2 Å². The van der Waals surface area contributed by atoms with Gasteiger partial charge in [0.2, 0.25) is 0 Å². The lowest BCUT2D eigenvalue weighted by Gasteiger charge is -2.00. The molecule has 0 aromatic heterocycles. The first kappa shape index (κ1) is 7.98. The summed E-state index contributed by atoms with van der Waals surface area (Å²) < 4.78 is 15.0. The molecule has 0 aliphatic carbocycles. The summed E-state index contributed by atoms with van der Waals surface area (Å²) in [7, 11) is 1.67. The van der Waals surface area contributed by atoms with Crippen LogP contribution in [0.2, 0.25) is 0 Å². The quantitative estimate of drug-likeness (QED) is 0.402. The van der Waals surface area contributed by atoms with Crippen molar-refractivity contribution < 1.29 is 14.2 Å². The van der Waals surface area contributed by atoms with Gasteiger partial charge in [-0.1, -0.05) is 0 Å². The molecular weight excluding hydrogens is 132 g/mol. The normalized spacial score (nSPS) is 23.1. The molecule has 1 heterocycles. The maximum Gasteiger partial charge on any atom is 0.0831 e. The van der Waals surface area contributed by atoms with E-state index in [1.54, 1.807) is 7.11 Å². The topological polar surface area (TPSA) is 31.0 Å². The zero-order valence-corrected chi connectivity index (χ0v) is 6.34. The first-order chi connectivity index (χ1) is 4.93. The summed E-state index contributed by atoms with van der Waals surface area (Å²) in [5.74, 6) is 0. The largest absolute Gasteiger partial charge is 0.382 e. The molecule has 3 nitrogen and oxygen atoms in total. The number of epoxide rings is 1. The summed E-state index contributed by atoms with van der Waals surface area (Å²) in [4.78, 5) is 0. The average Bonchev–Trinajstić information content (AvgIpc) is 2.71. The summed E-state index contributed by atoms with van der Waals surface area (Å²) in [5, 5.41) is 0. The first-order valence-electron chi connectivity index (χ1n) is 3.62. The van der Waals surface area contributed by atoms with Gasteiger partial charge < -0.3 is 14.2 Å². The van der Waals surface area contributed by atoms with E-state index in [1.807, 2.05) is 0 Å². The predicted octanol–water partition coefficient (Wildman–Crippen LogP) is 0.438. The Morgan fingerprint density at radius 3 is 2.80 bits per heavy atom. The maximum atomic E-state index is 5.22. The summed E-state index contributed by atoms with van der Waals surface area (Å²) >= 11 is 0. The van der Waals surface area contributed by atoms with Crippen molar-refractivity contribution in [2.75, 3.05) is 33.5 Å². The molecule has 0 bridgehead atoms. The van der Waals surface area contributed by atoms with Crippen LogP contribution in [0.25, 0.3) is 0 Å². The number of methoxy groups -OCH3 is 1. The minimum atomic E-state index is 0.488. The van der Waals surface area contributed by atoms with Gasteiger partial charge in [-0.05, 0) is 6.42 Å². The molecule has 10 heavy (non-hydrogen) atoms. The van der Waals surface area contributed by atoms with Crippen molar-refractivity contribution in [3.05, 3.63) is 0 Å². The van der Waals surface area contributed by atoms with E-state index in [0.717, 1.165) is 19.6 Å². The fourth-order valence-corrected chi connectivity index (χ4v) is 0.694. The highest BCUT2D eigenvalue weighted by molar-refractivity contribution is 4.67. The molecule has 1 aliphatic heterocycles. The Morgan fingerprint density at radius 2 is 2.20 bits per heavy atom. The Bertz CT molecular complexity index is 80.9. The molecule has 1 atom stereocenters. The second kappa shape index (κ2) is 4.66. The van der Waals surface area contributed by atoms with Crippen molar-refractivity contribution in [3.8, 4) is 0 Å². The van der Waals surface area contributed by atoms with E-state index in [9.17, 15) is 0 Å². The molecule has 1 aliphatic rings. The molecule has 0 aromatic carbocycles. The Morgan fingerprint density at radius 1 is 1.40 bits per heavy atom. The summed E-state index contributed by atoms with van der Waals surface area (Å²) in [6.45, 7) is 3.11. The first-order valence-corrected chi connectivity index (χ1v) is 3.62. The third-order valence-electron chi connectivity index (χ3n) is 1.42. The van der Waals surface area contributed by atoms with E-state index >= 15 is 0 Å². The number of rotatable bonds is 6. The van der Waals surface area contributed by atoms with E-state index in [2.05, 4.69) is 0 Å². The van der Waals surface area contributed by atoms with Crippen LogP contribution >= 0.6 is 0 Å². The standard InChI is InChI=1S/C7H14O3/c1-8-4-5-9-3-2-7-6-10-7/h7H,2-6H2,1H3. The second-order valence-corrected chi connectivity index (χ2v) is 2.35. The molecule has 60 valence electrons.